The van der Waals surface area contributed by atoms with Crippen molar-refractivity contribution in [3.05, 3.63) is 84.8 Å². The molecule has 0 N–H and O–H groups in total. The van der Waals surface area contributed by atoms with Crippen LogP contribution >= 0.6 is 0 Å². The summed E-state index contributed by atoms with van der Waals surface area (Å²) in [4.78, 5) is 14.5. The molecule has 0 atom stereocenters. The number of benzene rings is 3. The molecule has 0 bridgehead atoms. The number of sulfonamides is 2. The van der Waals surface area contributed by atoms with Crippen molar-refractivity contribution >= 4 is 48.8 Å². The molecule has 0 saturated heterocycles. The quantitative estimate of drug-likeness (QED) is 0.132. The maximum Gasteiger partial charge on any atom is 0.573 e. The molecule has 10 nitrogen and oxygen atoms in total. The molecule has 0 fully saturated rings. The lowest BCUT2D eigenvalue weighted by Crippen LogP contribution is -2.35. The summed E-state index contributed by atoms with van der Waals surface area (Å²) in [5, 5.41) is 0.383. The minimum atomic E-state index is -4.96. The van der Waals surface area contributed by atoms with Gasteiger partial charge in [-0.3, -0.25) is 9.10 Å². The van der Waals surface area contributed by atoms with Crippen LogP contribution in [0.3, 0.4) is 0 Å². The lowest BCUT2D eigenvalue weighted by Gasteiger charge is -2.27. The molecule has 0 unspecified atom stereocenters. The Kier molecular flexibility index (Phi) is 8.58. The molecule has 4 rings (SSSR count). The molecule has 1 heterocycles. The van der Waals surface area contributed by atoms with E-state index in [-0.39, 0.29) is 45.1 Å². The molecule has 0 saturated carbocycles. The van der Waals surface area contributed by atoms with E-state index in [1.165, 1.54) is 19.1 Å². The number of pyridine rings is 1. The fourth-order valence-electron chi connectivity index (χ4n) is 4.05. The highest BCUT2D eigenvalue weighted by atomic mass is 32.2. The smallest absolute Gasteiger partial charge is 0.445 e. The highest BCUT2D eigenvalue weighted by Crippen LogP contribution is 2.37. The zero-order chi connectivity index (χ0) is 30.7. The molecule has 0 aliphatic rings. The van der Waals surface area contributed by atoms with Crippen molar-refractivity contribution < 1.29 is 48.7 Å². The van der Waals surface area contributed by atoms with Crippen molar-refractivity contribution in [1.82, 2.24) is 4.98 Å². The van der Waals surface area contributed by atoms with E-state index in [4.69, 9.17) is 4.74 Å². The number of rotatable bonds is 11. The Morgan fingerprint density at radius 3 is 1.93 bits per heavy atom. The number of alkyl halides is 3. The fraction of sp³-hybridized carbons (Fsp3) is 0.154. The Bertz CT molecular complexity index is 1800. The average molecular weight is 628 g/mol. The molecule has 4 aromatic rings. The van der Waals surface area contributed by atoms with Crippen LogP contribution in [0.15, 0.2) is 88.8 Å². The summed E-state index contributed by atoms with van der Waals surface area (Å²) in [6.07, 6.45) is -3.86. The zero-order valence-corrected chi connectivity index (χ0v) is 23.2. The van der Waals surface area contributed by atoms with E-state index in [9.17, 15) is 39.2 Å². The van der Waals surface area contributed by atoms with Crippen molar-refractivity contribution in [2.45, 2.75) is 23.1 Å². The van der Waals surface area contributed by atoms with Gasteiger partial charge in [-0.05, 0) is 55.5 Å². The second kappa shape index (κ2) is 11.8. The predicted octanol–water partition coefficient (Wildman–Crippen LogP) is 4.81. The SMILES string of the molecule is CCN(c1cnc(N(COC=O)S(=O)(=O)c2ccc(F)cc2)c2ccccc12)S(=O)(=O)c1ccc(OC(F)(F)F)cc1. The highest BCUT2D eigenvalue weighted by Gasteiger charge is 2.33. The van der Waals surface area contributed by atoms with E-state index in [0.717, 1.165) is 59.0 Å². The first-order valence-electron chi connectivity index (χ1n) is 11.9. The largest absolute Gasteiger partial charge is 0.573 e. The van der Waals surface area contributed by atoms with Gasteiger partial charge in [-0.15, -0.1) is 13.2 Å². The Morgan fingerprint density at radius 1 is 0.833 bits per heavy atom. The van der Waals surface area contributed by atoms with Crippen LogP contribution in [-0.2, 0) is 29.6 Å². The standard InChI is InChI=1S/C26H21F4N3O7S2/c1-2-32(41(35,36)21-13-9-19(10-14-21)40-26(28,29)30)24-15-31-25(23-6-4-3-5-22(23)24)33(16-39-17-34)42(37,38)20-11-7-18(27)8-12-20/h3-15,17H,2,16H2,1H3. The van der Waals surface area contributed by atoms with E-state index >= 15 is 0 Å². The van der Waals surface area contributed by atoms with Crippen LogP contribution in [0.5, 0.6) is 5.75 Å². The Labute approximate surface area is 237 Å². The monoisotopic (exact) mass is 627 g/mol. The molecule has 0 spiro atoms. The van der Waals surface area contributed by atoms with Crippen LogP contribution in [0.25, 0.3) is 10.8 Å². The number of halogens is 4. The first kappa shape index (κ1) is 30.5. The molecule has 0 aliphatic carbocycles. The van der Waals surface area contributed by atoms with Gasteiger partial charge in [-0.1, -0.05) is 24.3 Å². The normalized spacial score (nSPS) is 12.1. The minimum Gasteiger partial charge on any atom is -0.445 e. The van der Waals surface area contributed by atoms with Gasteiger partial charge in [0.05, 0.1) is 21.7 Å². The van der Waals surface area contributed by atoms with Gasteiger partial charge in [0.2, 0.25) is 0 Å². The maximum absolute atomic E-state index is 13.6. The Balaban J connectivity index is 1.82. The summed E-state index contributed by atoms with van der Waals surface area (Å²) in [5.41, 5.74) is 0.0305. The highest BCUT2D eigenvalue weighted by molar-refractivity contribution is 7.93. The second-order valence-corrected chi connectivity index (χ2v) is 12.1. The topological polar surface area (TPSA) is 123 Å². The van der Waals surface area contributed by atoms with Gasteiger partial charge in [0.1, 0.15) is 11.6 Å². The van der Waals surface area contributed by atoms with Gasteiger partial charge >= 0.3 is 6.36 Å². The van der Waals surface area contributed by atoms with E-state index in [1.807, 2.05) is 0 Å². The third kappa shape index (κ3) is 6.23. The molecule has 1 aromatic heterocycles. The molecule has 0 amide bonds. The van der Waals surface area contributed by atoms with Crippen molar-refractivity contribution in [3.8, 4) is 5.75 Å². The van der Waals surface area contributed by atoms with Crippen LogP contribution in [0, 0.1) is 5.82 Å². The van der Waals surface area contributed by atoms with Gasteiger partial charge in [-0.25, -0.2) is 30.5 Å². The molecule has 3 aromatic carbocycles. The van der Waals surface area contributed by atoms with E-state index < -0.39 is 44.7 Å². The first-order chi connectivity index (χ1) is 19.8. The van der Waals surface area contributed by atoms with E-state index in [1.54, 1.807) is 12.1 Å². The third-order valence-corrected chi connectivity index (χ3v) is 9.48. The van der Waals surface area contributed by atoms with E-state index in [2.05, 4.69) is 9.72 Å². The summed E-state index contributed by atoms with van der Waals surface area (Å²) >= 11 is 0. The maximum atomic E-state index is 13.6. The molecule has 0 radical (unpaired) electrons. The predicted molar refractivity (Wildman–Crippen MR) is 143 cm³/mol. The first-order valence-corrected chi connectivity index (χ1v) is 14.8. The average Bonchev–Trinajstić information content (AvgIpc) is 2.94. The number of aromatic nitrogens is 1. The van der Waals surface area contributed by atoms with Crippen LogP contribution in [-0.4, -0.2) is 47.9 Å². The van der Waals surface area contributed by atoms with Crippen LogP contribution in [0.4, 0.5) is 29.1 Å². The van der Waals surface area contributed by atoms with Gasteiger partial charge in [-0.2, -0.15) is 0 Å². The Hall–Kier alpha value is -4.44. The summed E-state index contributed by atoms with van der Waals surface area (Å²) in [5.74, 6) is -1.51. The molecule has 222 valence electrons. The van der Waals surface area contributed by atoms with Gasteiger partial charge in [0.15, 0.2) is 12.5 Å². The number of fused-ring (bicyclic) bond motifs is 1. The van der Waals surface area contributed by atoms with Crippen molar-refractivity contribution in [3.63, 3.8) is 0 Å². The molecular formula is C26H21F4N3O7S2. The second-order valence-electron chi connectivity index (χ2n) is 8.40. The van der Waals surface area contributed by atoms with Crippen molar-refractivity contribution in [1.29, 1.82) is 0 Å². The van der Waals surface area contributed by atoms with Crippen LogP contribution < -0.4 is 13.3 Å². The van der Waals surface area contributed by atoms with Gasteiger partial charge in [0, 0.05) is 17.3 Å². The molecule has 16 heteroatoms. The number of anilines is 2. The number of carbonyl (C=O) groups excluding carboxylic acids is 1. The summed E-state index contributed by atoms with van der Waals surface area (Å²) < 4.78 is 115. The van der Waals surface area contributed by atoms with Crippen molar-refractivity contribution in [2.24, 2.45) is 0 Å². The molecule has 42 heavy (non-hydrogen) atoms. The Morgan fingerprint density at radius 2 is 1.38 bits per heavy atom. The van der Waals surface area contributed by atoms with Crippen LogP contribution in [0.2, 0.25) is 0 Å². The third-order valence-electron chi connectivity index (χ3n) is 5.85. The lowest BCUT2D eigenvalue weighted by molar-refractivity contribution is -0.274. The lowest BCUT2D eigenvalue weighted by atomic mass is 10.1. The van der Waals surface area contributed by atoms with Crippen LogP contribution in [0.1, 0.15) is 6.92 Å². The number of hydrogen-bond donors (Lipinski definition) is 0. The fourth-order valence-corrected chi connectivity index (χ4v) is 6.83. The molecular weight excluding hydrogens is 606 g/mol. The van der Waals surface area contributed by atoms with Crippen molar-refractivity contribution in [2.75, 3.05) is 21.9 Å². The number of hydrogen-bond acceptors (Lipinski definition) is 8. The summed E-state index contributed by atoms with van der Waals surface area (Å²) in [6.45, 7) is 0.604. The number of ether oxygens (including phenoxy) is 2. The van der Waals surface area contributed by atoms with Gasteiger partial charge in [0.25, 0.3) is 26.5 Å². The molecule has 0 aliphatic heterocycles. The summed E-state index contributed by atoms with van der Waals surface area (Å²) in [7, 11) is -8.83. The zero-order valence-electron chi connectivity index (χ0n) is 21.5. The van der Waals surface area contributed by atoms with Gasteiger partial charge < -0.3 is 9.47 Å². The number of carbonyl (C=O) groups is 1. The summed E-state index contributed by atoms with van der Waals surface area (Å²) in [6, 6.07) is 13.6. The minimum absolute atomic E-state index is 0.0279. The number of nitrogens with zero attached hydrogens (tertiary/aromatic N) is 3. The van der Waals surface area contributed by atoms with E-state index in [0.29, 0.717) is 4.31 Å².